The summed E-state index contributed by atoms with van der Waals surface area (Å²) in [6.45, 7) is 1.30. The Hall–Kier alpha value is -4.01. The standard InChI is InChI=1S/C25H21BrF6N4O4/c1-11(7-8-33-24(38)39)20-16(4-3-14(27)21(20)29)34-18-10-13(25(30,31)32)15(28)9-12(18)23(37)35-17-5-6-19(40-2)36-22(17)26/h3-6,9-11,33-34H,7-8H2,1-2H3,(H,35,37)(H,38,39). The van der Waals surface area contributed by atoms with Crippen molar-refractivity contribution in [3.05, 3.63) is 75.1 Å². The molecule has 0 bridgehead atoms. The van der Waals surface area contributed by atoms with Crippen LogP contribution < -0.4 is 20.7 Å². The smallest absolute Gasteiger partial charge is 0.419 e. The Kier molecular flexibility index (Phi) is 9.50. The van der Waals surface area contributed by atoms with E-state index in [4.69, 9.17) is 9.84 Å². The molecule has 40 heavy (non-hydrogen) atoms. The van der Waals surface area contributed by atoms with Crippen LogP contribution in [0.15, 0.2) is 41.0 Å². The second kappa shape index (κ2) is 12.4. The lowest BCUT2D eigenvalue weighted by molar-refractivity contribution is -0.139. The van der Waals surface area contributed by atoms with Crippen LogP contribution >= 0.6 is 15.9 Å². The molecule has 1 unspecified atom stereocenters. The van der Waals surface area contributed by atoms with Crippen molar-refractivity contribution in [1.82, 2.24) is 10.3 Å². The average molecular weight is 635 g/mol. The van der Waals surface area contributed by atoms with Crippen LogP contribution in [0.25, 0.3) is 0 Å². The van der Waals surface area contributed by atoms with Gasteiger partial charge in [-0.1, -0.05) is 6.92 Å². The molecule has 1 heterocycles. The summed E-state index contributed by atoms with van der Waals surface area (Å²) in [5, 5.41) is 15.7. The predicted molar refractivity (Wildman–Crippen MR) is 137 cm³/mol. The fourth-order valence-electron chi connectivity index (χ4n) is 3.74. The summed E-state index contributed by atoms with van der Waals surface area (Å²) in [6, 6.07) is 5.23. The lowest BCUT2D eigenvalue weighted by Crippen LogP contribution is -2.23. The third kappa shape index (κ3) is 7.14. The van der Waals surface area contributed by atoms with Gasteiger partial charge in [0.2, 0.25) is 5.88 Å². The minimum Gasteiger partial charge on any atom is -0.481 e. The van der Waals surface area contributed by atoms with Gasteiger partial charge in [-0.2, -0.15) is 13.2 Å². The number of rotatable bonds is 9. The maximum Gasteiger partial charge on any atom is 0.419 e. The molecule has 0 radical (unpaired) electrons. The van der Waals surface area contributed by atoms with E-state index in [2.05, 4.69) is 36.9 Å². The number of benzene rings is 2. The minimum absolute atomic E-state index is 0.00951. The molecular weight excluding hydrogens is 614 g/mol. The highest BCUT2D eigenvalue weighted by molar-refractivity contribution is 9.10. The molecule has 0 spiro atoms. The normalized spacial score (nSPS) is 12.0. The largest absolute Gasteiger partial charge is 0.481 e. The highest BCUT2D eigenvalue weighted by atomic mass is 79.9. The van der Waals surface area contributed by atoms with E-state index in [0.29, 0.717) is 12.1 Å². The summed E-state index contributed by atoms with van der Waals surface area (Å²) in [6.07, 6.45) is -6.50. The van der Waals surface area contributed by atoms with Crippen LogP contribution in [0.5, 0.6) is 5.88 Å². The van der Waals surface area contributed by atoms with Gasteiger partial charge in [0.05, 0.1) is 29.6 Å². The molecule has 0 aliphatic carbocycles. The van der Waals surface area contributed by atoms with Crippen molar-refractivity contribution in [3.63, 3.8) is 0 Å². The van der Waals surface area contributed by atoms with Crippen molar-refractivity contribution in [2.45, 2.75) is 25.4 Å². The summed E-state index contributed by atoms with van der Waals surface area (Å²) in [7, 11) is 1.35. The van der Waals surface area contributed by atoms with E-state index >= 15 is 0 Å². The number of hydrogen-bond donors (Lipinski definition) is 4. The summed E-state index contributed by atoms with van der Waals surface area (Å²) in [4.78, 5) is 27.9. The highest BCUT2D eigenvalue weighted by Crippen LogP contribution is 2.38. The number of anilines is 3. The molecule has 1 aromatic heterocycles. The lowest BCUT2D eigenvalue weighted by atomic mass is 9.94. The Morgan fingerprint density at radius 2 is 1.73 bits per heavy atom. The first-order valence-corrected chi connectivity index (χ1v) is 12.2. The first-order valence-electron chi connectivity index (χ1n) is 11.4. The van der Waals surface area contributed by atoms with Crippen LogP contribution in [0, 0.1) is 17.5 Å². The zero-order valence-corrected chi connectivity index (χ0v) is 22.3. The summed E-state index contributed by atoms with van der Waals surface area (Å²) in [5.41, 5.74) is -3.33. The highest BCUT2D eigenvalue weighted by Gasteiger charge is 2.36. The number of nitrogens with zero attached hydrogens (tertiary/aromatic N) is 1. The van der Waals surface area contributed by atoms with Crippen LogP contribution in [-0.4, -0.2) is 35.7 Å². The molecular formula is C25H21BrF6N4O4. The fraction of sp³-hybridized carbons (Fsp3) is 0.240. The number of pyridine rings is 1. The Balaban J connectivity index is 2.08. The van der Waals surface area contributed by atoms with Crippen LogP contribution in [0.1, 0.15) is 40.7 Å². The molecule has 0 fully saturated rings. The summed E-state index contributed by atoms with van der Waals surface area (Å²) in [5.74, 6) is -6.04. The average Bonchev–Trinajstić information content (AvgIpc) is 2.87. The molecule has 3 aromatic rings. The monoisotopic (exact) mass is 634 g/mol. The van der Waals surface area contributed by atoms with Gasteiger partial charge in [0.1, 0.15) is 10.4 Å². The minimum atomic E-state index is -5.15. The van der Waals surface area contributed by atoms with E-state index in [9.17, 15) is 35.9 Å². The quantitative estimate of drug-likeness (QED) is 0.148. The number of methoxy groups -OCH3 is 1. The lowest BCUT2D eigenvalue weighted by Gasteiger charge is -2.21. The van der Waals surface area contributed by atoms with Crippen LogP contribution in [0.4, 0.5) is 48.2 Å². The van der Waals surface area contributed by atoms with Crippen molar-refractivity contribution in [2.75, 3.05) is 24.3 Å². The van der Waals surface area contributed by atoms with E-state index < -0.39 is 58.4 Å². The Morgan fingerprint density at radius 3 is 2.33 bits per heavy atom. The van der Waals surface area contributed by atoms with Gasteiger partial charge < -0.3 is 25.8 Å². The maximum absolute atomic E-state index is 14.9. The third-order valence-electron chi connectivity index (χ3n) is 5.69. The molecule has 0 aliphatic rings. The zero-order chi connectivity index (χ0) is 29.8. The summed E-state index contributed by atoms with van der Waals surface area (Å²) >= 11 is 3.12. The van der Waals surface area contributed by atoms with Crippen molar-refractivity contribution < 1.29 is 45.8 Å². The maximum atomic E-state index is 14.9. The Labute approximate surface area is 231 Å². The Bertz CT molecular complexity index is 1440. The van der Waals surface area contributed by atoms with Gasteiger partial charge in [-0.15, -0.1) is 0 Å². The Morgan fingerprint density at radius 1 is 1.05 bits per heavy atom. The number of ether oxygens (including phenoxy) is 1. The molecule has 2 aromatic carbocycles. The number of halogens is 7. The van der Waals surface area contributed by atoms with Crippen molar-refractivity contribution >= 4 is 45.0 Å². The molecule has 3 rings (SSSR count). The molecule has 0 aliphatic heterocycles. The number of hydrogen-bond acceptors (Lipinski definition) is 5. The second-order valence-electron chi connectivity index (χ2n) is 8.39. The van der Waals surface area contributed by atoms with Gasteiger partial charge in [-0.05, 0) is 58.6 Å². The number of amides is 2. The number of aromatic nitrogens is 1. The molecule has 8 nitrogen and oxygen atoms in total. The number of carboxylic acid groups (broad SMARTS) is 1. The van der Waals surface area contributed by atoms with Gasteiger partial charge in [0.25, 0.3) is 5.91 Å². The third-order valence-corrected chi connectivity index (χ3v) is 6.29. The molecule has 1 atom stereocenters. The van der Waals surface area contributed by atoms with E-state index in [1.54, 1.807) is 0 Å². The van der Waals surface area contributed by atoms with Gasteiger partial charge in [-0.3, -0.25) is 4.79 Å². The van der Waals surface area contributed by atoms with E-state index in [1.165, 1.54) is 26.2 Å². The van der Waals surface area contributed by atoms with Crippen molar-refractivity contribution in [1.29, 1.82) is 0 Å². The molecule has 4 N–H and O–H groups in total. The zero-order valence-electron chi connectivity index (χ0n) is 20.7. The molecule has 0 saturated carbocycles. The topological polar surface area (TPSA) is 113 Å². The number of alkyl halides is 3. The molecule has 0 saturated heterocycles. The fourth-order valence-corrected chi connectivity index (χ4v) is 4.14. The number of carbonyl (C=O) groups is 2. The van der Waals surface area contributed by atoms with E-state index in [-0.39, 0.29) is 40.4 Å². The van der Waals surface area contributed by atoms with Crippen molar-refractivity contribution in [2.24, 2.45) is 0 Å². The first-order chi connectivity index (χ1) is 18.7. The van der Waals surface area contributed by atoms with Crippen LogP contribution in [0.3, 0.4) is 0 Å². The summed E-state index contributed by atoms with van der Waals surface area (Å²) < 4.78 is 89.3. The predicted octanol–water partition coefficient (Wildman–Crippen LogP) is 7.05. The SMILES string of the molecule is COc1ccc(NC(=O)c2cc(F)c(C(F)(F)F)cc2Nc2ccc(F)c(F)c2C(C)CCNC(=O)O)c(Br)n1. The van der Waals surface area contributed by atoms with Crippen LogP contribution in [-0.2, 0) is 6.18 Å². The first kappa shape index (κ1) is 30.5. The second-order valence-corrected chi connectivity index (χ2v) is 9.14. The molecule has 15 heteroatoms. The van der Waals surface area contributed by atoms with Gasteiger partial charge in [0.15, 0.2) is 11.6 Å². The van der Waals surface area contributed by atoms with Crippen LogP contribution in [0.2, 0.25) is 0 Å². The van der Waals surface area contributed by atoms with Crippen molar-refractivity contribution in [3.8, 4) is 5.88 Å². The number of nitrogens with one attached hydrogen (secondary N) is 3. The number of carbonyl (C=O) groups excluding carboxylic acids is 1. The van der Waals surface area contributed by atoms with Gasteiger partial charge in [0, 0.05) is 23.9 Å². The van der Waals surface area contributed by atoms with E-state index in [0.717, 1.165) is 12.1 Å². The van der Waals surface area contributed by atoms with Gasteiger partial charge >= 0.3 is 12.3 Å². The molecule has 2 amide bonds. The van der Waals surface area contributed by atoms with Gasteiger partial charge in [-0.25, -0.2) is 22.9 Å². The molecule has 214 valence electrons. The van der Waals surface area contributed by atoms with E-state index in [1.807, 2.05) is 0 Å².